The highest BCUT2D eigenvalue weighted by atomic mass is 32.2. The Morgan fingerprint density at radius 2 is 2.09 bits per heavy atom. The Morgan fingerprint density at radius 1 is 1.39 bits per heavy atom. The van der Waals surface area contributed by atoms with Gasteiger partial charge in [0.05, 0.1) is 6.42 Å². The van der Waals surface area contributed by atoms with Crippen LogP contribution in [0.5, 0.6) is 0 Å². The topological polar surface area (TPSA) is 66.5 Å². The molecule has 1 aromatic rings. The van der Waals surface area contributed by atoms with E-state index < -0.39 is 16.3 Å². The number of fused-ring (bicyclic) bond motifs is 1. The lowest BCUT2D eigenvalue weighted by molar-refractivity contribution is -0.161. The summed E-state index contributed by atoms with van der Waals surface area (Å²) in [4.78, 5) is 39.2. The number of nitrogens with one attached hydrogen (secondary N) is 1. The smallest absolute Gasteiger partial charge is 0.252 e. The van der Waals surface area contributed by atoms with Gasteiger partial charge >= 0.3 is 0 Å². The van der Waals surface area contributed by atoms with Crippen LogP contribution in [-0.2, 0) is 20.8 Å². The maximum atomic E-state index is 12.6. The molecule has 2 fully saturated rings. The van der Waals surface area contributed by atoms with Gasteiger partial charge in [-0.1, -0.05) is 6.07 Å². The summed E-state index contributed by atoms with van der Waals surface area (Å²) in [7, 11) is 0. The number of nitrogens with zero attached hydrogens (tertiary/aromatic N) is 1. The van der Waals surface area contributed by atoms with Gasteiger partial charge in [0.2, 0.25) is 11.0 Å². The quantitative estimate of drug-likeness (QED) is 0.625. The van der Waals surface area contributed by atoms with E-state index in [1.807, 2.05) is 31.4 Å². The molecule has 2 aliphatic heterocycles. The molecule has 3 rings (SSSR count). The molecule has 0 spiro atoms. The van der Waals surface area contributed by atoms with Crippen molar-refractivity contribution in [1.82, 2.24) is 10.2 Å². The molecule has 0 saturated carbocycles. The van der Waals surface area contributed by atoms with Crippen molar-refractivity contribution in [2.75, 3.05) is 0 Å². The highest BCUT2D eigenvalue weighted by Crippen LogP contribution is 2.55. The van der Waals surface area contributed by atoms with Gasteiger partial charge < -0.3 is 10.2 Å². The highest BCUT2D eigenvalue weighted by molar-refractivity contribution is 8.02. The minimum absolute atomic E-state index is 0.179. The van der Waals surface area contributed by atoms with Gasteiger partial charge in [0.1, 0.15) is 17.0 Å². The van der Waals surface area contributed by atoms with Crippen LogP contribution in [0.25, 0.3) is 0 Å². The van der Waals surface area contributed by atoms with Crippen molar-refractivity contribution < 1.29 is 14.4 Å². The molecule has 8 heteroatoms. The largest absolute Gasteiger partial charge is 0.339 e. The fourth-order valence-electron chi connectivity index (χ4n) is 3.24. The summed E-state index contributed by atoms with van der Waals surface area (Å²) < 4.78 is -0.421. The number of thiophene rings is 1. The number of amides is 2. The fourth-order valence-corrected chi connectivity index (χ4v) is 6.13. The molecule has 3 atom stereocenters. The molecule has 5 nitrogen and oxygen atoms in total. The first-order chi connectivity index (χ1) is 10.7. The Hall–Kier alpha value is -0.990. The minimum Gasteiger partial charge on any atom is -0.339 e. The average Bonchev–Trinajstić information content (AvgIpc) is 3.02. The first-order valence-electron chi connectivity index (χ1n) is 7.23. The number of thiol groups is 1. The molecule has 0 aromatic carbocycles. The highest BCUT2D eigenvalue weighted by Gasteiger charge is 2.69. The summed E-state index contributed by atoms with van der Waals surface area (Å²) in [5.41, 5.74) is -0.964. The number of carbonyl (C=O) groups is 3. The number of thioether (sulfide) groups is 1. The van der Waals surface area contributed by atoms with E-state index in [0.29, 0.717) is 0 Å². The molecule has 124 valence electrons. The van der Waals surface area contributed by atoms with E-state index >= 15 is 0 Å². The third-order valence-corrected chi connectivity index (χ3v) is 7.20. The second-order valence-electron chi connectivity index (χ2n) is 6.53. The van der Waals surface area contributed by atoms with Crippen LogP contribution < -0.4 is 5.32 Å². The van der Waals surface area contributed by atoms with Crippen molar-refractivity contribution in [2.45, 2.75) is 48.9 Å². The molecule has 3 heterocycles. The van der Waals surface area contributed by atoms with Crippen LogP contribution in [0.3, 0.4) is 0 Å². The SMILES string of the molecule is CC1(C)S[C@H]2N(C(=O)C2(C)NC(=O)Cc2cccs2)[C@H]1C(=O)S. The Kier molecular flexibility index (Phi) is 4.05. The summed E-state index contributed by atoms with van der Waals surface area (Å²) in [5, 5.41) is 4.23. The zero-order chi connectivity index (χ0) is 17.0. The molecular formula is C15H18N2O3S3. The first-order valence-corrected chi connectivity index (χ1v) is 9.44. The van der Waals surface area contributed by atoms with Gasteiger partial charge in [-0.3, -0.25) is 14.4 Å². The lowest BCUT2D eigenvalue weighted by atomic mass is 9.86. The van der Waals surface area contributed by atoms with Gasteiger partial charge in [-0.15, -0.1) is 35.7 Å². The van der Waals surface area contributed by atoms with Crippen molar-refractivity contribution in [3.8, 4) is 0 Å². The van der Waals surface area contributed by atoms with Crippen LogP contribution in [0.15, 0.2) is 17.5 Å². The van der Waals surface area contributed by atoms with Crippen molar-refractivity contribution in [3.63, 3.8) is 0 Å². The van der Waals surface area contributed by atoms with E-state index in [9.17, 15) is 14.4 Å². The molecule has 1 aromatic heterocycles. The van der Waals surface area contributed by atoms with Crippen molar-refractivity contribution >= 4 is 52.7 Å². The Morgan fingerprint density at radius 3 is 2.65 bits per heavy atom. The van der Waals surface area contributed by atoms with Gasteiger partial charge in [0.25, 0.3) is 5.91 Å². The van der Waals surface area contributed by atoms with Gasteiger partial charge in [-0.25, -0.2) is 0 Å². The molecule has 0 aliphatic carbocycles. The van der Waals surface area contributed by atoms with Crippen LogP contribution >= 0.6 is 35.7 Å². The monoisotopic (exact) mass is 370 g/mol. The minimum atomic E-state index is -0.964. The second-order valence-corrected chi connectivity index (χ2v) is 9.74. The molecule has 1 unspecified atom stereocenters. The van der Waals surface area contributed by atoms with Gasteiger partial charge in [0, 0.05) is 9.62 Å². The van der Waals surface area contributed by atoms with E-state index in [-0.39, 0.29) is 28.7 Å². The predicted octanol–water partition coefficient (Wildman–Crippen LogP) is 1.68. The first kappa shape index (κ1) is 16.9. The number of carbonyl (C=O) groups excluding carboxylic acids is 3. The Bertz CT molecular complexity index is 674. The maximum absolute atomic E-state index is 12.6. The van der Waals surface area contributed by atoms with E-state index in [0.717, 1.165) is 4.88 Å². The van der Waals surface area contributed by atoms with Crippen molar-refractivity contribution in [2.24, 2.45) is 0 Å². The predicted molar refractivity (Wildman–Crippen MR) is 94.7 cm³/mol. The summed E-state index contributed by atoms with van der Waals surface area (Å²) in [6.07, 6.45) is 0.260. The van der Waals surface area contributed by atoms with E-state index in [1.54, 1.807) is 11.8 Å². The van der Waals surface area contributed by atoms with Crippen LogP contribution in [0.2, 0.25) is 0 Å². The molecule has 1 N–H and O–H groups in total. The summed E-state index contributed by atoms with van der Waals surface area (Å²) in [5.74, 6) is -0.394. The van der Waals surface area contributed by atoms with Crippen LogP contribution in [-0.4, -0.2) is 43.5 Å². The third kappa shape index (κ3) is 2.60. The third-order valence-electron chi connectivity index (χ3n) is 4.33. The van der Waals surface area contributed by atoms with Gasteiger partial charge in [-0.2, -0.15) is 0 Å². The fraction of sp³-hybridized carbons (Fsp3) is 0.533. The van der Waals surface area contributed by atoms with Gasteiger partial charge in [0.15, 0.2) is 0 Å². The number of hydrogen-bond donors (Lipinski definition) is 2. The average molecular weight is 371 g/mol. The summed E-state index contributed by atoms with van der Waals surface area (Å²) in [6, 6.07) is 3.23. The Labute approximate surface area is 148 Å². The lowest BCUT2D eigenvalue weighted by Crippen LogP contribution is -2.78. The van der Waals surface area contributed by atoms with Crippen LogP contribution in [0.1, 0.15) is 25.6 Å². The lowest BCUT2D eigenvalue weighted by Gasteiger charge is -2.51. The van der Waals surface area contributed by atoms with Crippen LogP contribution in [0, 0.1) is 0 Å². The molecule has 2 aliphatic rings. The number of hydrogen-bond acceptors (Lipinski definition) is 5. The molecule has 0 radical (unpaired) electrons. The van der Waals surface area contributed by atoms with Gasteiger partial charge in [-0.05, 0) is 32.2 Å². The summed E-state index contributed by atoms with van der Waals surface area (Å²) in [6.45, 7) is 5.59. The van der Waals surface area contributed by atoms with E-state index in [1.165, 1.54) is 23.1 Å². The zero-order valence-corrected chi connectivity index (χ0v) is 15.6. The molecular weight excluding hydrogens is 352 g/mol. The van der Waals surface area contributed by atoms with E-state index in [4.69, 9.17) is 0 Å². The summed E-state index contributed by atoms with van der Waals surface area (Å²) >= 11 is 6.98. The molecule has 2 saturated heterocycles. The molecule has 23 heavy (non-hydrogen) atoms. The van der Waals surface area contributed by atoms with Crippen molar-refractivity contribution in [3.05, 3.63) is 22.4 Å². The van der Waals surface area contributed by atoms with Crippen LogP contribution in [0.4, 0.5) is 0 Å². The normalized spacial score (nSPS) is 31.5. The second kappa shape index (κ2) is 5.53. The molecule has 0 bridgehead atoms. The maximum Gasteiger partial charge on any atom is 0.252 e. The standard InChI is InChI=1S/C15H18N2O3S3/c1-14(2)10(11(19)21)17-12(20)15(3,13(17)23-14)16-9(18)7-8-5-4-6-22-8/h4-6,10,13H,7H2,1-3H3,(H,16,18)(H,19,21)/t10-,13+,15?/m0/s1. The van der Waals surface area contributed by atoms with Crippen molar-refractivity contribution in [1.29, 1.82) is 0 Å². The number of rotatable bonds is 4. The zero-order valence-electron chi connectivity index (χ0n) is 13.0. The van der Waals surface area contributed by atoms with E-state index in [2.05, 4.69) is 17.9 Å². The Balaban J connectivity index is 1.76. The number of β-lactam (4-membered cyclic amide) rings is 1. The molecule has 2 amide bonds.